The molecule has 2 rings (SSSR count). The molecule has 5 heteroatoms. The normalized spacial score (nSPS) is 10.8. The van der Waals surface area contributed by atoms with E-state index in [1.807, 2.05) is 6.92 Å². The van der Waals surface area contributed by atoms with E-state index in [1.54, 1.807) is 0 Å². The van der Waals surface area contributed by atoms with Gasteiger partial charge in [0, 0.05) is 0 Å². The summed E-state index contributed by atoms with van der Waals surface area (Å²) in [4.78, 5) is 8.26. The maximum atomic E-state index is 6.21. The molecule has 1 N–H and O–H groups in total. The van der Waals surface area contributed by atoms with Gasteiger partial charge in [-0.1, -0.05) is 68.8 Å². The van der Waals surface area contributed by atoms with Gasteiger partial charge in [-0.3, -0.25) is 0 Å². The average Bonchev–Trinajstić information content (AvgIpc) is 2.66. The Morgan fingerprint density at radius 3 is 2.63 bits per heavy atom. The standard InChI is InChI=1S/C22H32ClN3O/c1-4-5-6-7-8-9-12-19-13-10-11-17(2)21(19)27-15-14-24-22-20(23)18(3)25-16-26-22/h10-11,13,16H,4-9,12,14-15H2,1-3H3,(H,24,25,26). The highest BCUT2D eigenvalue weighted by molar-refractivity contribution is 6.33. The van der Waals surface area contributed by atoms with E-state index in [9.17, 15) is 0 Å². The Hall–Kier alpha value is -1.81. The van der Waals surface area contributed by atoms with Crippen molar-refractivity contribution >= 4 is 17.4 Å². The summed E-state index contributed by atoms with van der Waals surface area (Å²) in [5.41, 5.74) is 3.27. The van der Waals surface area contributed by atoms with Gasteiger partial charge < -0.3 is 10.1 Å². The second-order valence-corrected chi connectivity index (χ2v) is 7.36. The van der Waals surface area contributed by atoms with Gasteiger partial charge >= 0.3 is 0 Å². The number of halogens is 1. The number of nitrogens with zero attached hydrogens (tertiary/aromatic N) is 2. The van der Waals surface area contributed by atoms with Gasteiger partial charge in [-0.15, -0.1) is 0 Å². The molecule has 0 aliphatic carbocycles. The highest BCUT2D eigenvalue weighted by atomic mass is 35.5. The summed E-state index contributed by atoms with van der Waals surface area (Å²) < 4.78 is 6.11. The van der Waals surface area contributed by atoms with Gasteiger partial charge in [0.15, 0.2) is 0 Å². The molecule has 0 unspecified atom stereocenters. The van der Waals surface area contributed by atoms with E-state index >= 15 is 0 Å². The predicted octanol–water partition coefficient (Wildman–Crippen LogP) is 6.14. The molecule has 1 heterocycles. The number of ether oxygens (including phenoxy) is 1. The Bertz CT molecular complexity index is 706. The Labute approximate surface area is 168 Å². The van der Waals surface area contributed by atoms with Crippen molar-refractivity contribution in [1.29, 1.82) is 0 Å². The molecule has 148 valence electrons. The van der Waals surface area contributed by atoms with Gasteiger partial charge in [0.2, 0.25) is 0 Å². The smallest absolute Gasteiger partial charge is 0.148 e. The van der Waals surface area contributed by atoms with Crippen LogP contribution in [0.5, 0.6) is 5.75 Å². The lowest BCUT2D eigenvalue weighted by atomic mass is 10.0. The van der Waals surface area contributed by atoms with Crippen LogP contribution in [-0.2, 0) is 6.42 Å². The van der Waals surface area contributed by atoms with E-state index in [0.29, 0.717) is 24.0 Å². The van der Waals surface area contributed by atoms with Gasteiger partial charge in [0.25, 0.3) is 0 Å². The second kappa shape index (κ2) is 11.8. The lowest BCUT2D eigenvalue weighted by Crippen LogP contribution is -2.14. The molecular weight excluding hydrogens is 358 g/mol. The Morgan fingerprint density at radius 1 is 1.04 bits per heavy atom. The average molecular weight is 390 g/mol. The molecule has 0 spiro atoms. The van der Waals surface area contributed by atoms with E-state index in [2.05, 4.69) is 47.3 Å². The minimum Gasteiger partial charge on any atom is -0.491 e. The summed E-state index contributed by atoms with van der Waals surface area (Å²) in [6.45, 7) is 7.44. The van der Waals surface area contributed by atoms with Crippen LogP contribution in [0.3, 0.4) is 0 Å². The van der Waals surface area contributed by atoms with E-state index in [4.69, 9.17) is 16.3 Å². The third kappa shape index (κ3) is 7.02. The number of benzene rings is 1. The fourth-order valence-corrected chi connectivity index (χ4v) is 3.28. The third-order valence-corrected chi connectivity index (χ3v) is 5.15. The Morgan fingerprint density at radius 2 is 1.81 bits per heavy atom. The van der Waals surface area contributed by atoms with Crippen molar-refractivity contribution in [2.24, 2.45) is 0 Å². The number of rotatable bonds is 12. The molecule has 4 nitrogen and oxygen atoms in total. The molecule has 0 bridgehead atoms. The summed E-state index contributed by atoms with van der Waals surface area (Å²) in [5.74, 6) is 1.68. The maximum Gasteiger partial charge on any atom is 0.148 e. The van der Waals surface area contributed by atoms with Crippen LogP contribution in [0.1, 0.15) is 62.3 Å². The molecule has 0 saturated carbocycles. The summed E-state index contributed by atoms with van der Waals surface area (Å²) in [7, 11) is 0. The zero-order chi connectivity index (χ0) is 19.5. The first-order valence-electron chi connectivity index (χ1n) is 10.1. The molecule has 1 aromatic carbocycles. The highest BCUT2D eigenvalue weighted by Crippen LogP contribution is 2.26. The van der Waals surface area contributed by atoms with Gasteiger partial charge in [0.1, 0.15) is 29.5 Å². The first kappa shape index (κ1) is 21.5. The quantitative estimate of drug-likeness (QED) is 0.443. The number of para-hydroxylation sites is 1. The first-order valence-corrected chi connectivity index (χ1v) is 10.4. The lowest BCUT2D eigenvalue weighted by Gasteiger charge is -2.15. The number of nitrogens with one attached hydrogen (secondary N) is 1. The molecule has 0 aliphatic heterocycles. The topological polar surface area (TPSA) is 47.0 Å². The molecule has 0 radical (unpaired) electrons. The zero-order valence-corrected chi connectivity index (χ0v) is 17.6. The Kier molecular flexibility index (Phi) is 9.40. The van der Waals surface area contributed by atoms with Crippen LogP contribution in [0.4, 0.5) is 5.82 Å². The molecule has 2 aromatic rings. The van der Waals surface area contributed by atoms with E-state index in [0.717, 1.165) is 17.9 Å². The number of unbranched alkanes of at least 4 members (excludes halogenated alkanes) is 5. The van der Waals surface area contributed by atoms with Crippen molar-refractivity contribution in [1.82, 2.24) is 9.97 Å². The van der Waals surface area contributed by atoms with Crippen molar-refractivity contribution < 1.29 is 4.74 Å². The molecule has 27 heavy (non-hydrogen) atoms. The van der Waals surface area contributed by atoms with Gasteiger partial charge in [0.05, 0.1) is 12.2 Å². The summed E-state index contributed by atoms with van der Waals surface area (Å²) in [6, 6.07) is 6.42. The number of hydrogen-bond acceptors (Lipinski definition) is 4. The Balaban J connectivity index is 1.82. The second-order valence-electron chi connectivity index (χ2n) is 6.98. The molecule has 0 atom stereocenters. The SMILES string of the molecule is CCCCCCCCc1cccc(C)c1OCCNc1ncnc(C)c1Cl. The van der Waals surface area contributed by atoms with Crippen LogP contribution in [0.15, 0.2) is 24.5 Å². The van der Waals surface area contributed by atoms with Crippen molar-refractivity contribution in [2.45, 2.75) is 65.7 Å². The third-order valence-electron chi connectivity index (χ3n) is 4.70. The summed E-state index contributed by atoms with van der Waals surface area (Å²) >= 11 is 6.21. The molecule has 0 aliphatic rings. The van der Waals surface area contributed by atoms with Gasteiger partial charge in [-0.2, -0.15) is 0 Å². The largest absolute Gasteiger partial charge is 0.491 e. The van der Waals surface area contributed by atoms with E-state index in [-0.39, 0.29) is 0 Å². The summed E-state index contributed by atoms with van der Waals surface area (Å²) in [6.07, 6.45) is 10.4. The van der Waals surface area contributed by atoms with Crippen molar-refractivity contribution in [3.05, 3.63) is 46.4 Å². The van der Waals surface area contributed by atoms with Crippen LogP contribution in [0.25, 0.3) is 0 Å². The van der Waals surface area contributed by atoms with E-state index in [1.165, 1.54) is 56.0 Å². The fraction of sp³-hybridized carbons (Fsp3) is 0.545. The van der Waals surface area contributed by atoms with Crippen molar-refractivity contribution in [3.63, 3.8) is 0 Å². The highest BCUT2D eigenvalue weighted by Gasteiger charge is 2.08. The van der Waals surface area contributed by atoms with Crippen LogP contribution >= 0.6 is 11.6 Å². The predicted molar refractivity (Wildman–Crippen MR) is 114 cm³/mol. The maximum absolute atomic E-state index is 6.21. The number of aromatic nitrogens is 2. The van der Waals surface area contributed by atoms with Gasteiger partial charge in [-0.25, -0.2) is 9.97 Å². The van der Waals surface area contributed by atoms with E-state index < -0.39 is 0 Å². The number of hydrogen-bond donors (Lipinski definition) is 1. The van der Waals surface area contributed by atoms with Crippen LogP contribution < -0.4 is 10.1 Å². The van der Waals surface area contributed by atoms with Gasteiger partial charge in [-0.05, 0) is 37.8 Å². The van der Waals surface area contributed by atoms with Crippen LogP contribution in [-0.4, -0.2) is 23.1 Å². The monoisotopic (exact) mass is 389 g/mol. The molecule has 0 amide bonds. The fourth-order valence-electron chi connectivity index (χ4n) is 3.12. The molecule has 1 aromatic heterocycles. The summed E-state index contributed by atoms with van der Waals surface area (Å²) in [5, 5.41) is 3.79. The molecule has 0 fully saturated rings. The number of aryl methyl sites for hydroxylation is 3. The first-order chi connectivity index (χ1) is 13.1. The minimum atomic E-state index is 0.563. The van der Waals surface area contributed by atoms with Crippen molar-refractivity contribution in [3.8, 4) is 5.75 Å². The lowest BCUT2D eigenvalue weighted by molar-refractivity contribution is 0.326. The van der Waals surface area contributed by atoms with Crippen LogP contribution in [0.2, 0.25) is 5.02 Å². The molecule has 0 saturated heterocycles. The zero-order valence-electron chi connectivity index (χ0n) is 16.9. The number of anilines is 1. The van der Waals surface area contributed by atoms with Crippen LogP contribution in [0, 0.1) is 13.8 Å². The molecular formula is C22H32ClN3O. The minimum absolute atomic E-state index is 0.563. The van der Waals surface area contributed by atoms with Crippen molar-refractivity contribution in [2.75, 3.05) is 18.5 Å².